The van der Waals surface area contributed by atoms with Crippen LogP contribution in [0.1, 0.15) is 49.1 Å². The first-order valence-electron chi connectivity index (χ1n) is 6.77. The third-order valence-electron chi connectivity index (χ3n) is 3.60. The Labute approximate surface area is 129 Å². The van der Waals surface area contributed by atoms with Gasteiger partial charge in [-0.25, -0.2) is 4.39 Å². The molecular formula is C17H18ClFO2. The zero-order chi connectivity index (χ0) is 15.6. The standard InChI is InChI=1S/C17H16ClFO2.H2/c1-3-10(2)13-7-8-14(18)15(16(13)19)17(21)11-5-4-6-12(20)9-11;/h4-10,20H,3H2,1-2H3;1H/t10-;/m1./s1. The lowest BCUT2D eigenvalue weighted by Gasteiger charge is -2.14. The van der Waals surface area contributed by atoms with Gasteiger partial charge in [0.05, 0.1) is 10.6 Å². The Morgan fingerprint density at radius 2 is 2.10 bits per heavy atom. The highest BCUT2D eigenvalue weighted by Gasteiger charge is 2.22. The second-order valence-electron chi connectivity index (χ2n) is 5.01. The highest BCUT2D eigenvalue weighted by atomic mass is 35.5. The Kier molecular flexibility index (Phi) is 4.63. The van der Waals surface area contributed by atoms with Crippen LogP contribution in [0.2, 0.25) is 5.02 Å². The maximum atomic E-state index is 14.6. The van der Waals surface area contributed by atoms with E-state index >= 15 is 0 Å². The van der Waals surface area contributed by atoms with E-state index in [0.29, 0.717) is 5.56 Å². The molecule has 2 aromatic carbocycles. The van der Waals surface area contributed by atoms with Crippen molar-refractivity contribution in [2.75, 3.05) is 0 Å². The SMILES string of the molecule is CC[C@@H](C)c1ccc(Cl)c(C(=O)c2cccc(O)c2)c1F.[HH]. The van der Waals surface area contributed by atoms with E-state index in [1.807, 2.05) is 13.8 Å². The quantitative estimate of drug-likeness (QED) is 0.791. The van der Waals surface area contributed by atoms with Crippen LogP contribution in [-0.4, -0.2) is 10.9 Å². The summed E-state index contributed by atoms with van der Waals surface area (Å²) in [5, 5.41) is 9.53. The molecule has 0 aliphatic rings. The minimum absolute atomic E-state index is 0. The van der Waals surface area contributed by atoms with Gasteiger partial charge < -0.3 is 5.11 Å². The molecule has 21 heavy (non-hydrogen) atoms. The van der Waals surface area contributed by atoms with Crippen LogP contribution in [0.4, 0.5) is 4.39 Å². The second kappa shape index (κ2) is 6.27. The van der Waals surface area contributed by atoms with Crippen molar-refractivity contribution in [3.63, 3.8) is 0 Å². The summed E-state index contributed by atoms with van der Waals surface area (Å²) in [6.45, 7) is 3.85. The zero-order valence-electron chi connectivity index (χ0n) is 11.9. The number of aromatic hydroxyl groups is 1. The van der Waals surface area contributed by atoms with Crippen molar-refractivity contribution in [3.05, 3.63) is 63.9 Å². The molecule has 0 bridgehead atoms. The lowest BCUT2D eigenvalue weighted by atomic mass is 9.93. The van der Waals surface area contributed by atoms with Gasteiger partial charge in [-0.05, 0) is 36.1 Å². The van der Waals surface area contributed by atoms with Gasteiger partial charge in [0, 0.05) is 6.99 Å². The molecule has 0 fully saturated rings. The van der Waals surface area contributed by atoms with Gasteiger partial charge in [-0.2, -0.15) is 0 Å². The van der Waals surface area contributed by atoms with Crippen molar-refractivity contribution < 1.29 is 15.7 Å². The molecule has 0 saturated carbocycles. The summed E-state index contributed by atoms with van der Waals surface area (Å²) in [5.41, 5.74) is 0.544. The van der Waals surface area contributed by atoms with Gasteiger partial charge in [-0.3, -0.25) is 4.79 Å². The maximum Gasteiger partial charge on any atom is 0.197 e. The van der Waals surface area contributed by atoms with E-state index in [2.05, 4.69) is 0 Å². The van der Waals surface area contributed by atoms with Crippen molar-refractivity contribution >= 4 is 17.4 Å². The molecule has 2 nitrogen and oxygen atoms in total. The first-order chi connectivity index (χ1) is 9.95. The van der Waals surface area contributed by atoms with Crippen LogP contribution in [0.25, 0.3) is 0 Å². The number of hydrogen-bond acceptors (Lipinski definition) is 2. The summed E-state index contributed by atoms with van der Waals surface area (Å²) >= 11 is 6.01. The molecule has 0 aliphatic heterocycles. The molecule has 0 aromatic heterocycles. The summed E-state index contributed by atoms with van der Waals surface area (Å²) in [5.74, 6) is -1.16. The minimum Gasteiger partial charge on any atom is -0.508 e. The number of hydrogen-bond donors (Lipinski definition) is 1. The Morgan fingerprint density at radius 3 is 2.71 bits per heavy atom. The van der Waals surface area contributed by atoms with E-state index in [1.165, 1.54) is 24.3 Å². The summed E-state index contributed by atoms with van der Waals surface area (Å²) in [6.07, 6.45) is 0.762. The number of phenolic OH excluding ortho intramolecular Hbond substituents is 1. The van der Waals surface area contributed by atoms with Crippen LogP contribution in [0.3, 0.4) is 0 Å². The number of halogens is 2. The Hall–Kier alpha value is -1.87. The van der Waals surface area contributed by atoms with E-state index in [0.717, 1.165) is 6.42 Å². The predicted octanol–water partition coefficient (Wildman–Crippen LogP) is 5.18. The molecule has 112 valence electrons. The molecule has 1 N–H and O–H groups in total. The Morgan fingerprint density at radius 1 is 1.38 bits per heavy atom. The molecule has 1 atom stereocenters. The number of carbonyl (C=O) groups excluding carboxylic acids is 1. The van der Waals surface area contributed by atoms with Gasteiger partial charge >= 0.3 is 0 Å². The van der Waals surface area contributed by atoms with E-state index < -0.39 is 11.6 Å². The fourth-order valence-corrected chi connectivity index (χ4v) is 2.40. The minimum atomic E-state index is -0.579. The van der Waals surface area contributed by atoms with E-state index in [-0.39, 0.29) is 29.2 Å². The van der Waals surface area contributed by atoms with Crippen LogP contribution in [-0.2, 0) is 0 Å². The topological polar surface area (TPSA) is 37.3 Å². The van der Waals surface area contributed by atoms with Crippen LogP contribution >= 0.6 is 11.6 Å². The molecule has 2 aromatic rings. The monoisotopic (exact) mass is 308 g/mol. The van der Waals surface area contributed by atoms with Crippen LogP contribution in [0.15, 0.2) is 36.4 Å². The maximum absolute atomic E-state index is 14.6. The number of carbonyl (C=O) groups is 1. The smallest absolute Gasteiger partial charge is 0.197 e. The molecule has 0 amide bonds. The molecule has 4 heteroatoms. The first kappa shape index (κ1) is 15.5. The molecule has 2 rings (SSSR count). The lowest BCUT2D eigenvalue weighted by molar-refractivity contribution is 0.103. The van der Waals surface area contributed by atoms with Gasteiger partial charge in [0.15, 0.2) is 5.78 Å². The summed E-state index contributed by atoms with van der Waals surface area (Å²) < 4.78 is 14.6. The number of ketones is 1. The lowest BCUT2D eigenvalue weighted by Crippen LogP contribution is -2.09. The van der Waals surface area contributed by atoms with Gasteiger partial charge in [0.25, 0.3) is 0 Å². The Balaban J connectivity index is 0.00000242. The molecular weight excluding hydrogens is 291 g/mol. The first-order valence-corrected chi connectivity index (χ1v) is 7.15. The second-order valence-corrected chi connectivity index (χ2v) is 5.42. The molecule has 0 spiro atoms. The largest absolute Gasteiger partial charge is 0.508 e. The third-order valence-corrected chi connectivity index (χ3v) is 3.91. The van der Waals surface area contributed by atoms with E-state index in [1.54, 1.807) is 12.1 Å². The van der Waals surface area contributed by atoms with Gasteiger partial charge in [-0.1, -0.05) is 43.6 Å². The van der Waals surface area contributed by atoms with Crippen LogP contribution < -0.4 is 0 Å². The molecule has 0 heterocycles. The Bertz CT molecular complexity index is 688. The normalized spacial score (nSPS) is 12.2. The van der Waals surface area contributed by atoms with E-state index in [9.17, 15) is 14.3 Å². The highest BCUT2D eigenvalue weighted by Crippen LogP contribution is 2.30. The summed E-state index contributed by atoms with van der Waals surface area (Å²) in [4.78, 5) is 12.5. The van der Waals surface area contributed by atoms with E-state index in [4.69, 9.17) is 11.6 Å². The predicted molar refractivity (Wildman–Crippen MR) is 83.8 cm³/mol. The molecule has 0 unspecified atom stereocenters. The van der Waals surface area contributed by atoms with Gasteiger partial charge in [0.2, 0.25) is 0 Å². The van der Waals surface area contributed by atoms with Crippen LogP contribution in [0, 0.1) is 5.82 Å². The van der Waals surface area contributed by atoms with Crippen molar-refractivity contribution in [3.8, 4) is 5.75 Å². The fraction of sp³-hybridized carbons (Fsp3) is 0.235. The number of phenols is 1. The van der Waals surface area contributed by atoms with Gasteiger partial charge in [-0.15, -0.1) is 0 Å². The summed E-state index contributed by atoms with van der Waals surface area (Å²) in [6, 6.07) is 8.96. The molecule has 0 radical (unpaired) electrons. The highest BCUT2D eigenvalue weighted by molar-refractivity contribution is 6.35. The van der Waals surface area contributed by atoms with Crippen molar-refractivity contribution in [1.29, 1.82) is 0 Å². The van der Waals surface area contributed by atoms with Crippen molar-refractivity contribution in [2.24, 2.45) is 0 Å². The van der Waals surface area contributed by atoms with Gasteiger partial charge in [0.1, 0.15) is 11.6 Å². The van der Waals surface area contributed by atoms with Crippen molar-refractivity contribution in [2.45, 2.75) is 26.2 Å². The average Bonchev–Trinajstić information content (AvgIpc) is 2.46. The number of rotatable bonds is 4. The molecule has 0 saturated heterocycles. The van der Waals surface area contributed by atoms with Crippen LogP contribution in [0.5, 0.6) is 5.75 Å². The van der Waals surface area contributed by atoms with Crippen molar-refractivity contribution in [1.82, 2.24) is 0 Å². The zero-order valence-corrected chi connectivity index (χ0v) is 12.6. The third kappa shape index (κ3) is 3.08. The number of benzene rings is 2. The molecule has 0 aliphatic carbocycles. The summed E-state index contributed by atoms with van der Waals surface area (Å²) in [7, 11) is 0. The average molecular weight is 309 g/mol. The fourth-order valence-electron chi connectivity index (χ4n) is 2.17.